The molecule has 0 atom stereocenters. The lowest BCUT2D eigenvalue weighted by Crippen LogP contribution is -2.64. The van der Waals surface area contributed by atoms with Crippen molar-refractivity contribution in [2.24, 2.45) is 0 Å². The molecule has 0 spiro atoms. The summed E-state index contributed by atoms with van der Waals surface area (Å²) in [5.41, 5.74) is 2.62. The monoisotopic (exact) mass is 492 g/mol. The highest BCUT2D eigenvalue weighted by atomic mass is 35.5. The second kappa shape index (κ2) is 9.19. The minimum Gasteiger partial charge on any atom is -0.377 e. The lowest BCUT2D eigenvalue weighted by atomic mass is 9.97. The van der Waals surface area contributed by atoms with Crippen molar-refractivity contribution in [1.82, 2.24) is 24.5 Å². The minimum atomic E-state index is 0.104. The van der Waals surface area contributed by atoms with E-state index in [1.807, 2.05) is 13.0 Å². The van der Waals surface area contributed by atoms with Crippen LogP contribution in [0, 0.1) is 22.7 Å². The number of fused-ring (bicyclic) bond motifs is 1. The molecule has 0 unspecified atom stereocenters. The Hall–Kier alpha value is -3.64. The number of nitriles is 2. The smallest absolute Gasteiger partial charge is 0.247 e. The van der Waals surface area contributed by atoms with Gasteiger partial charge in [-0.15, -0.1) is 5.10 Å². The first-order valence-corrected chi connectivity index (χ1v) is 11.8. The van der Waals surface area contributed by atoms with Crippen molar-refractivity contribution in [2.75, 3.05) is 61.5 Å². The Morgan fingerprint density at radius 2 is 1.94 bits per heavy atom. The van der Waals surface area contributed by atoms with E-state index in [-0.39, 0.29) is 17.2 Å². The SMILES string of the molecule is CCNc1nc(Nc2cc(C#N)cc(N3CCN(C4(C)COC4)CC3)c2Cl)nn2c(C#N)cnc12. The lowest BCUT2D eigenvalue weighted by molar-refractivity contribution is -0.131. The molecule has 2 N–H and O–H groups in total. The Balaban J connectivity index is 1.45. The largest absolute Gasteiger partial charge is 0.377 e. The van der Waals surface area contributed by atoms with E-state index in [9.17, 15) is 10.5 Å². The fourth-order valence-electron chi connectivity index (χ4n) is 4.48. The molecule has 0 radical (unpaired) electrons. The van der Waals surface area contributed by atoms with Crippen LogP contribution in [0.3, 0.4) is 0 Å². The van der Waals surface area contributed by atoms with Gasteiger partial charge in [-0.05, 0) is 26.0 Å². The van der Waals surface area contributed by atoms with E-state index in [2.05, 4.69) is 54.6 Å². The van der Waals surface area contributed by atoms with E-state index in [1.165, 1.54) is 10.7 Å². The maximum atomic E-state index is 9.67. The first-order valence-electron chi connectivity index (χ1n) is 11.4. The number of nitrogens with zero attached hydrogens (tertiary/aromatic N) is 8. The van der Waals surface area contributed by atoms with Crippen LogP contribution in [0.5, 0.6) is 0 Å². The zero-order valence-electron chi connectivity index (χ0n) is 19.5. The quantitative estimate of drug-likeness (QED) is 0.529. The van der Waals surface area contributed by atoms with Crippen molar-refractivity contribution in [2.45, 2.75) is 19.4 Å². The van der Waals surface area contributed by atoms with Crippen LogP contribution in [-0.4, -0.2) is 76.0 Å². The number of aromatic nitrogens is 4. The van der Waals surface area contributed by atoms with Gasteiger partial charge in [0.25, 0.3) is 0 Å². The number of anilines is 4. The predicted molar refractivity (Wildman–Crippen MR) is 132 cm³/mol. The third kappa shape index (κ3) is 4.19. The number of benzene rings is 1. The number of imidazole rings is 1. The number of ether oxygens (including phenoxy) is 1. The average Bonchev–Trinajstić information content (AvgIpc) is 3.27. The molecule has 12 heteroatoms. The highest BCUT2D eigenvalue weighted by Crippen LogP contribution is 2.37. The van der Waals surface area contributed by atoms with Gasteiger partial charge in [-0.1, -0.05) is 11.6 Å². The third-order valence-electron chi connectivity index (χ3n) is 6.46. The first-order chi connectivity index (χ1) is 17.0. The molecule has 2 aliphatic rings. The van der Waals surface area contributed by atoms with Crippen molar-refractivity contribution in [3.05, 3.63) is 34.6 Å². The Morgan fingerprint density at radius 1 is 1.17 bits per heavy atom. The van der Waals surface area contributed by atoms with E-state index < -0.39 is 0 Å². The molecule has 2 saturated heterocycles. The summed E-state index contributed by atoms with van der Waals surface area (Å²) in [5, 5.41) is 30.3. The van der Waals surface area contributed by atoms with E-state index in [0.717, 1.165) is 45.1 Å². The van der Waals surface area contributed by atoms with Crippen molar-refractivity contribution in [3.63, 3.8) is 0 Å². The van der Waals surface area contributed by atoms with Crippen LogP contribution >= 0.6 is 11.6 Å². The van der Waals surface area contributed by atoms with Crippen molar-refractivity contribution >= 4 is 40.4 Å². The molecule has 0 amide bonds. The molecular weight excluding hydrogens is 468 g/mol. The van der Waals surface area contributed by atoms with Gasteiger partial charge < -0.3 is 20.3 Å². The third-order valence-corrected chi connectivity index (χ3v) is 6.86. The summed E-state index contributed by atoms with van der Waals surface area (Å²) >= 11 is 6.85. The van der Waals surface area contributed by atoms with Gasteiger partial charge in [-0.2, -0.15) is 20.0 Å². The number of rotatable bonds is 6. The van der Waals surface area contributed by atoms with Crippen LogP contribution < -0.4 is 15.5 Å². The number of halogens is 1. The molecule has 180 valence electrons. The first kappa shape index (κ1) is 23.1. The van der Waals surface area contributed by atoms with Crippen LogP contribution in [0.2, 0.25) is 5.02 Å². The highest BCUT2D eigenvalue weighted by molar-refractivity contribution is 6.36. The fourth-order valence-corrected chi connectivity index (χ4v) is 4.75. The van der Waals surface area contributed by atoms with Crippen molar-refractivity contribution in [1.29, 1.82) is 10.5 Å². The lowest BCUT2D eigenvalue weighted by Gasteiger charge is -2.50. The van der Waals surface area contributed by atoms with Gasteiger partial charge in [0.1, 0.15) is 6.07 Å². The topological polar surface area (TPSA) is 130 Å². The molecular formula is C23H25ClN10O. The molecule has 11 nitrogen and oxygen atoms in total. The van der Waals surface area contributed by atoms with E-state index in [4.69, 9.17) is 16.3 Å². The van der Waals surface area contributed by atoms with E-state index >= 15 is 0 Å². The van der Waals surface area contributed by atoms with Gasteiger partial charge in [0.15, 0.2) is 17.2 Å². The average molecular weight is 493 g/mol. The summed E-state index contributed by atoms with van der Waals surface area (Å²) in [7, 11) is 0. The molecule has 2 fully saturated rings. The highest BCUT2D eigenvalue weighted by Gasteiger charge is 2.40. The van der Waals surface area contributed by atoms with Crippen LogP contribution in [0.15, 0.2) is 18.3 Å². The summed E-state index contributed by atoms with van der Waals surface area (Å²) in [6.07, 6.45) is 1.45. The number of piperazine rings is 1. The predicted octanol–water partition coefficient (Wildman–Crippen LogP) is 2.61. The normalized spacial score (nSPS) is 17.5. The molecule has 4 heterocycles. The standard InChI is InChI=1S/C23H25ClN10O/c1-3-27-20-21-28-12-16(11-26)34(21)31-22(30-20)29-17-8-15(10-25)9-18(19(17)24)32-4-6-33(7-5-32)23(2)13-35-14-23/h8-9,12H,3-7,13-14H2,1-2H3,(H2,27,29,30,31). The molecule has 5 rings (SSSR count). The summed E-state index contributed by atoms with van der Waals surface area (Å²) in [6.45, 7) is 9.66. The van der Waals surface area contributed by atoms with E-state index in [0.29, 0.717) is 34.3 Å². The van der Waals surface area contributed by atoms with Gasteiger partial charge in [-0.25, -0.2) is 4.98 Å². The number of hydrogen-bond donors (Lipinski definition) is 2. The molecule has 0 aliphatic carbocycles. The van der Waals surface area contributed by atoms with Crippen molar-refractivity contribution in [3.8, 4) is 12.1 Å². The maximum Gasteiger partial charge on any atom is 0.247 e. The van der Waals surface area contributed by atoms with Crippen LogP contribution in [0.4, 0.5) is 23.1 Å². The van der Waals surface area contributed by atoms with Gasteiger partial charge in [0.2, 0.25) is 5.95 Å². The van der Waals surface area contributed by atoms with Gasteiger partial charge in [0, 0.05) is 32.7 Å². The van der Waals surface area contributed by atoms with E-state index in [1.54, 1.807) is 6.07 Å². The van der Waals surface area contributed by atoms with Gasteiger partial charge >= 0.3 is 0 Å². The molecule has 3 aromatic rings. The Bertz CT molecular complexity index is 1350. The fraction of sp³-hybridized carbons (Fsp3) is 0.435. The van der Waals surface area contributed by atoms with Gasteiger partial charge in [0.05, 0.1) is 53.0 Å². The number of nitrogens with one attached hydrogen (secondary N) is 2. The molecule has 2 aromatic heterocycles. The molecule has 1 aromatic carbocycles. The zero-order valence-corrected chi connectivity index (χ0v) is 20.3. The van der Waals surface area contributed by atoms with Crippen LogP contribution in [0.25, 0.3) is 5.65 Å². The second-order valence-electron chi connectivity index (χ2n) is 8.86. The van der Waals surface area contributed by atoms with Crippen LogP contribution in [-0.2, 0) is 4.74 Å². The minimum absolute atomic E-state index is 0.104. The summed E-state index contributed by atoms with van der Waals surface area (Å²) < 4.78 is 6.85. The van der Waals surface area contributed by atoms with Crippen molar-refractivity contribution < 1.29 is 4.74 Å². The molecule has 2 aliphatic heterocycles. The summed E-state index contributed by atoms with van der Waals surface area (Å²) in [5.74, 6) is 0.720. The summed E-state index contributed by atoms with van der Waals surface area (Å²) in [6, 6.07) is 7.79. The van der Waals surface area contributed by atoms with Crippen LogP contribution in [0.1, 0.15) is 25.1 Å². The number of hydrogen-bond acceptors (Lipinski definition) is 10. The molecule has 0 saturated carbocycles. The zero-order chi connectivity index (χ0) is 24.6. The maximum absolute atomic E-state index is 9.67. The molecule has 0 bridgehead atoms. The summed E-state index contributed by atoms with van der Waals surface area (Å²) in [4.78, 5) is 13.4. The Kier molecular flexibility index (Phi) is 6.07. The van der Waals surface area contributed by atoms with Gasteiger partial charge in [-0.3, -0.25) is 4.90 Å². The molecule has 35 heavy (non-hydrogen) atoms. The Labute approximate surface area is 207 Å². The Morgan fingerprint density at radius 3 is 2.57 bits per heavy atom. The second-order valence-corrected chi connectivity index (χ2v) is 9.24.